The number of rotatable bonds is 6. The van der Waals surface area contributed by atoms with Crippen molar-refractivity contribution in [2.45, 2.75) is 38.6 Å². The molecule has 0 bridgehead atoms. The molecule has 1 N–H and O–H groups in total. The van der Waals surface area contributed by atoms with Gasteiger partial charge in [0.1, 0.15) is 11.9 Å². The van der Waals surface area contributed by atoms with E-state index in [-0.39, 0.29) is 24.1 Å². The second-order valence-electron chi connectivity index (χ2n) is 6.25. The van der Waals surface area contributed by atoms with Gasteiger partial charge in [-0.15, -0.1) is 0 Å². The third-order valence-electron chi connectivity index (χ3n) is 4.35. The smallest absolute Gasteiger partial charge is 0.256 e. The molecule has 2 aromatic carbocycles. The molecule has 1 saturated heterocycles. The van der Waals surface area contributed by atoms with Gasteiger partial charge in [0, 0.05) is 5.69 Å². The van der Waals surface area contributed by atoms with Crippen LogP contribution in [0.15, 0.2) is 48.5 Å². The fourth-order valence-electron chi connectivity index (χ4n) is 2.96. The summed E-state index contributed by atoms with van der Waals surface area (Å²) in [5.41, 5.74) is 2.41. The van der Waals surface area contributed by atoms with E-state index < -0.39 is 6.04 Å². The lowest BCUT2D eigenvalue weighted by atomic mass is 10.1. The number of carbonyl (C=O) groups is 2. The van der Waals surface area contributed by atoms with Gasteiger partial charge in [0.25, 0.3) is 5.91 Å². The molecule has 0 aliphatic carbocycles. The standard InChI is InChI=1S/C20H21FN2O2/c1-2-3-4-14-5-11-17(12-6-14)23-19(24)13-18(20(23)25)22-16-9-7-15(21)8-10-16/h5-12,18,22H,2-4,13H2,1H3. The van der Waals surface area contributed by atoms with Crippen LogP contribution >= 0.6 is 0 Å². The summed E-state index contributed by atoms with van der Waals surface area (Å²) in [6.07, 6.45) is 3.33. The summed E-state index contributed by atoms with van der Waals surface area (Å²) in [6, 6.07) is 12.7. The first kappa shape index (κ1) is 17.1. The van der Waals surface area contributed by atoms with E-state index in [1.165, 1.54) is 22.6 Å². The molecule has 3 rings (SSSR count). The molecule has 1 aliphatic rings. The van der Waals surface area contributed by atoms with E-state index in [9.17, 15) is 14.0 Å². The molecule has 1 heterocycles. The fraction of sp³-hybridized carbons (Fsp3) is 0.300. The highest BCUT2D eigenvalue weighted by Gasteiger charge is 2.39. The maximum absolute atomic E-state index is 13.0. The minimum absolute atomic E-state index is 0.0911. The number of unbranched alkanes of at least 4 members (excludes halogenated alkanes) is 1. The second-order valence-corrected chi connectivity index (χ2v) is 6.25. The summed E-state index contributed by atoms with van der Waals surface area (Å²) < 4.78 is 13.0. The molecule has 1 unspecified atom stereocenters. The van der Waals surface area contributed by atoms with Gasteiger partial charge in [0.15, 0.2) is 0 Å². The van der Waals surface area contributed by atoms with E-state index in [2.05, 4.69) is 12.2 Å². The molecule has 4 nitrogen and oxygen atoms in total. The van der Waals surface area contributed by atoms with Gasteiger partial charge in [-0.05, 0) is 54.8 Å². The van der Waals surface area contributed by atoms with Gasteiger partial charge in [-0.1, -0.05) is 25.5 Å². The van der Waals surface area contributed by atoms with E-state index in [1.54, 1.807) is 12.1 Å². The highest BCUT2D eigenvalue weighted by atomic mass is 19.1. The fourth-order valence-corrected chi connectivity index (χ4v) is 2.96. The first-order chi connectivity index (χ1) is 12.1. The van der Waals surface area contributed by atoms with Gasteiger partial charge >= 0.3 is 0 Å². The number of imide groups is 1. The van der Waals surface area contributed by atoms with E-state index in [1.807, 2.05) is 24.3 Å². The summed E-state index contributed by atoms with van der Waals surface area (Å²) >= 11 is 0. The molecule has 0 aromatic heterocycles. The Balaban J connectivity index is 1.71. The summed E-state index contributed by atoms with van der Waals surface area (Å²) in [5, 5.41) is 3.01. The average molecular weight is 340 g/mol. The third kappa shape index (κ3) is 3.87. The van der Waals surface area contributed by atoms with Gasteiger partial charge in [-0.25, -0.2) is 9.29 Å². The predicted octanol–water partition coefficient (Wildman–Crippen LogP) is 3.91. The Bertz CT molecular complexity index is 756. The van der Waals surface area contributed by atoms with Crippen molar-refractivity contribution < 1.29 is 14.0 Å². The first-order valence-electron chi connectivity index (χ1n) is 8.56. The van der Waals surface area contributed by atoms with E-state index in [0.29, 0.717) is 11.4 Å². The van der Waals surface area contributed by atoms with Gasteiger partial charge in [-0.2, -0.15) is 0 Å². The van der Waals surface area contributed by atoms with E-state index >= 15 is 0 Å². The number of nitrogens with zero attached hydrogens (tertiary/aromatic N) is 1. The highest BCUT2D eigenvalue weighted by molar-refractivity contribution is 6.23. The maximum Gasteiger partial charge on any atom is 0.256 e. The van der Waals surface area contributed by atoms with Gasteiger partial charge in [0.05, 0.1) is 12.1 Å². The van der Waals surface area contributed by atoms with E-state index in [0.717, 1.165) is 19.3 Å². The Kier molecular flexibility index (Phi) is 5.12. The van der Waals surface area contributed by atoms with Crippen LogP contribution in [-0.2, 0) is 16.0 Å². The number of benzene rings is 2. The average Bonchev–Trinajstić information content (AvgIpc) is 2.89. The van der Waals surface area contributed by atoms with Gasteiger partial charge < -0.3 is 5.32 Å². The van der Waals surface area contributed by atoms with Crippen molar-refractivity contribution in [2.24, 2.45) is 0 Å². The minimum atomic E-state index is -0.627. The van der Waals surface area contributed by atoms with Crippen LogP contribution < -0.4 is 10.2 Å². The third-order valence-corrected chi connectivity index (χ3v) is 4.35. The number of anilines is 2. The van der Waals surface area contributed by atoms with Crippen molar-refractivity contribution in [3.05, 3.63) is 59.9 Å². The first-order valence-corrected chi connectivity index (χ1v) is 8.56. The van der Waals surface area contributed by atoms with Crippen molar-refractivity contribution in [3.8, 4) is 0 Å². The van der Waals surface area contributed by atoms with Crippen LogP contribution in [0.3, 0.4) is 0 Å². The number of nitrogens with one attached hydrogen (secondary N) is 1. The number of halogens is 1. The maximum atomic E-state index is 13.0. The Morgan fingerprint density at radius 3 is 2.40 bits per heavy atom. The zero-order chi connectivity index (χ0) is 17.8. The predicted molar refractivity (Wildman–Crippen MR) is 96.0 cm³/mol. The van der Waals surface area contributed by atoms with Crippen molar-refractivity contribution in [1.82, 2.24) is 0 Å². The van der Waals surface area contributed by atoms with Gasteiger partial charge in [-0.3, -0.25) is 9.59 Å². The van der Waals surface area contributed by atoms with Crippen molar-refractivity contribution >= 4 is 23.2 Å². The SMILES string of the molecule is CCCCc1ccc(N2C(=O)CC(Nc3ccc(F)cc3)C2=O)cc1. The highest BCUT2D eigenvalue weighted by Crippen LogP contribution is 2.25. The number of aryl methyl sites for hydroxylation is 1. The zero-order valence-corrected chi connectivity index (χ0v) is 14.2. The summed E-state index contributed by atoms with van der Waals surface area (Å²) in [6.45, 7) is 2.14. The molecule has 1 atom stereocenters. The lowest BCUT2D eigenvalue weighted by Crippen LogP contribution is -2.34. The number of hydrogen-bond acceptors (Lipinski definition) is 3. The number of carbonyl (C=O) groups excluding carboxylic acids is 2. The normalized spacial score (nSPS) is 17.2. The zero-order valence-electron chi connectivity index (χ0n) is 14.2. The second kappa shape index (κ2) is 7.47. The molecule has 0 spiro atoms. The van der Waals surface area contributed by atoms with Crippen molar-refractivity contribution in [1.29, 1.82) is 0 Å². The lowest BCUT2D eigenvalue weighted by Gasteiger charge is -2.16. The lowest BCUT2D eigenvalue weighted by molar-refractivity contribution is -0.121. The number of hydrogen-bond donors (Lipinski definition) is 1. The molecule has 2 aromatic rings. The van der Waals surface area contributed by atoms with Crippen LogP contribution in [-0.4, -0.2) is 17.9 Å². The molecule has 25 heavy (non-hydrogen) atoms. The Hall–Kier alpha value is -2.69. The number of amides is 2. The molecular weight excluding hydrogens is 319 g/mol. The van der Waals surface area contributed by atoms with Crippen LogP contribution in [0.1, 0.15) is 31.7 Å². The van der Waals surface area contributed by atoms with Gasteiger partial charge in [0.2, 0.25) is 5.91 Å². The monoisotopic (exact) mass is 340 g/mol. The molecule has 0 saturated carbocycles. The van der Waals surface area contributed by atoms with Crippen LogP contribution in [0, 0.1) is 5.82 Å². The quantitative estimate of drug-likeness (QED) is 0.811. The molecule has 130 valence electrons. The topological polar surface area (TPSA) is 49.4 Å². The Morgan fingerprint density at radius 1 is 1.08 bits per heavy atom. The largest absolute Gasteiger partial charge is 0.373 e. The van der Waals surface area contributed by atoms with Crippen LogP contribution in [0.2, 0.25) is 0 Å². The van der Waals surface area contributed by atoms with Crippen molar-refractivity contribution in [2.75, 3.05) is 10.2 Å². The molecule has 5 heteroatoms. The summed E-state index contributed by atoms with van der Waals surface area (Å²) in [4.78, 5) is 26.1. The minimum Gasteiger partial charge on any atom is -0.373 e. The van der Waals surface area contributed by atoms with E-state index in [4.69, 9.17) is 0 Å². The molecule has 1 fully saturated rings. The van der Waals surface area contributed by atoms with Crippen LogP contribution in [0.4, 0.5) is 15.8 Å². The Labute approximate surface area is 146 Å². The summed E-state index contributed by atoms with van der Waals surface area (Å²) in [5.74, 6) is -0.856. The van der Waals surface area contributed by atoms with Crippen molar-refractivity contribution in [3.63, 3.8) is 0 Å². The van der Waals surface area contributed by atoms with Crippen LogP contribution in [0.25, 0.3) is 0 Å². The summed E-state index contributed by atoms with van der Waals surface area (Å²) in [7, 11) is 0. The molecule has 0 radical (unpaired) electrons. The Morgan fingerprint density at radius 2 is 1.76 bits per heavy atom. The molecule has 1 aliphatic heterocycles. The molecule has 2 amide bonds. The molecular formula is C20H21FN2O2. The van der Waals surface area contributed by atoms with Crippen LogP contribution in [0.5, 0.6) is 0 Å².